The van der Waals surface area contributed by atoms with Crippen LogP contribution in [0.15, 0.2) is 24.5 Å². The Morgan fingerprint density at radius 3 is 3.18 bits per heavy atom. The molecule has 0 unspecified atom stereocenters. The molecular formula is C8H11N3. The molecule has 1 N–H and O–H groups in total. The lowest BCUT2D eigenvalue weighted by Crippen LogP contribution is -2.21. The van der Waals surface area contributed by atoms with E-state index in [1.54, 1.807) is 0 Å². The topological polar surface area (TPSA) is 29.9 Å². The average Bonchev–Trinajstić information content (AvgIpc) is 2.58. The van der Waals surface area contributed by atoms with Crippen LogP contribution in [0.5, 0.6) is 0 Å². The van der Waals surface area contributed by atoms with E-state index in [0.29, 0.717) is 0 Å². The minimum Gasteiger partial charge on any atom is -0.313 e. The van der Waals surface area contributed by atoms with E-state index in [2.05, 4.69) is 16.5 Å². The van der Waals surface area contributed by atoms with Gasteiger partial charge in [0.15, 0.2) is 0 Å². The van der Waals surface area contributed by atoms with E-state index < -0.39 is 0 Å². The Hall–Kier alpha value is -1.09. The van der Waals surface area contributed by atoms with Crippen LogP contribution in [0.25, 0.3) is 5.70 Å². The van der Waals surface area contributed by atoms with Gasteiger partial charge in [-0.1, -0.05) is 0 Å². The molecule has 2 rings (SSSR count). The third-order valence-electron chi connectivity index (χ3n) is 1.84. The summed E-state index contributed by atoms with van der Waals surface area (Å²) in [5.41, 5.74) is 1.30. The van der Waals surface area contributed by atoms with Gasteiger partial charge in [0.25, 0.3) is 0 Å². The van der Waals surface area contributed by atoms with Gasteiger partial charge in [-0.15, -0.1) is 0 Å². The molecule has 1 aromatic rings. The van der Waals surface area contributed by atoms with E-state index in [-0.39, 0.29) is 0 Å². The first-order valence-corrected chi connectivity index (χ1v) is 3.86. The maximum atomic E-state index is 4.16. The predicted molar refractivity (Wildman–Crippen MR) is 44.0 cm³/mol. The van der Waals surface area contributed by atoms with Crippen LogP contribution in [-0.4, -0.2) is 22.9 Å². The molecule has 0 spiro atoms. The van der Waals surface area contributed by atoms with Gasteiger partial charge in [-0.25, -0.2) is 4.68 Å². The number of nitrogens with one attached hydrogen (secondary N) is 1. The van der Waals surface area contributed by atoms with Crippen molar-refractivity contribution in [3.8, 4) is 0 Å². The number of hydrogen-bond acceptors (Lipinski definition) is 2. The van der Waals surface area contributed by atoms with Crippen LogP contribution in [0.2, 0.25) is 0 Å². The fourth-order valence-electron chi connectivity index (χ4n) is 1.26. The lowest BCUT2D eigenvalue weighted by Gasteiger charge is -2.13. The highest BCUT2D eigenvalue weighted by atomic mass is 15.3. The van der Waals surface area contributed by atoms with Gasteiger partial charge in [-0.05, 0) is 12.1 Å². The first kappa shape index (κ1) is 6.61. The van der Waals surface area contributed by atoms with Crippen LogP contribution in [0, 0.1) is 0 Å². The highest BCUT2D eigenvalue weighted by molar-refractivity contribution is 5.45. The monoisotopic (exact) mass is 149 g/mol. The minimum atomic E-state index is 0.967. The predicted octanol–water partition coefficient (Wildman–Crippen LogP) is 0.717. The Kier molecular flexibility index (Phi) is 1.73. The lowest BCUT2D eigenvalue weighted by molar-refractivity contribution is 0.700. The Labute approximate surface area is 65.7 Å². The highest BCUT2D eigenvalue weighted by Gasteiger charge is 2.03. The molecule has 0 aliphatic carbocycles. The standard InChI is InChI=1S/C8H11N3/c1-4-10-11(7-1)8-2-5-9-6-3-8/h1-2,4,7,9H,3,5-6H2. The summed E-state index contributed by atoms with van der Waals surface area (Å²) in [7, 11) is 0. The molecule has 1 aromatic heterocycles. The first-order valence-electron chi connectivity index (χ1n) is 3.86. The van der Waals surface area contributed by atoms with Crippen molar-refractivity contribution in [3.63, 3.8) is 0 Å². The van der Waals surface area contributed by atoms with Crippen molar-refractivity contribution in [1.29, 1.82) is 0 Å². The van der Waals surface area contributed by atoms with Crippen molar-refractivity contribution >= 4 is 5.70 Å². The Morgan fingerprint density at radius 1 is 1.55 bits per heavy atom. The molecule has 0 aromatic carbocycles. The maximum absolute atomic E-state index is 4.16. The van der Waals surface area contributed by atoms with E-state index >= 15 is 0 Å². The third-order valence-corrected chi connectivity index (χ3v) is 1.84. The van der Waals surface area contributed by atoms with Crippen molar-refractivity contribution in [3.05, 3.63) is 24.5 Å². The quantitative estimate of drug-likeness (QED) is 0.637. The second kappa shape index (κ2) is 2.88. The molecule has 11 heavy (non-hydrogen) atoms. The zero-order valence-corrected chi connectivity index (χ0v) is 6.33. The summed E-state index contributed by atoms with van der Waals surface area (Å²) in [6, 6.07) is 1.95. The molecule has 0 atom stereocenters. The summed E-state index contributed by atoms with van der Waals surface area (Å²) in [4.78, 5) is 0. The first-order chi connectivity index (χ1) is 5.47. The fourth-order valence-corrected chi connectivity index (χ4v) is 1.26. The number of aromatic nitrogens is 2. The van der Waals surface area contributed by atoms with Crippen LogP contribution in [0.1, 0.15) is 6.42 Å². The second-order valence-corrected chi connectivity index (χ2v) is 2.60. The van der Waals surface area contributed by atoms with E-state index in [9.17, 15) is 0 Å². The molecule has 0 saturated carbocycles. The number of hydrogen-bond donors (Lipinski definition) is 1. The van der Waals surface area contributed by atoms with Gasteiger partial charge in [-0.2, -0.15) is 5.10 Å². The van der Waals surface area contributed by atoms with Crippen LogP contribution < -0.4 is 5.32 Å². The third kappa shape index (κ3) is 1.33. The summed E-state index contributed by atoms with van der Waals surface area (Å²) < 4.78 is 1.93. The van der Waals surface area contributed by atoms with Crippen LogP contribution >= 0.6 is 0 Å². The molecule has 0 amide bonds. The molecule has 1 aliphatic rings. The van der Waals surface area contributed by atoms with Crippen LogP contribution in [0.3, 0.4) is 0 Å². The summed E-state index contributed by atoms with van der Waals surface area (Å²) in [5, 5.41) is 7.42. The molecule has 0 saturated heterocycles. The molecule has 0 fully saturated rings. The van der Waals surface area contributed by atoms with Crippen molar-refractivity contribution in [2.75, 3.05) is 13.1 Å². The summed E-state index contributed by atoms with van der Waals surface area (Å²) in [6.07, 6.45) is 7.04. The minimum absolute atomic E-state index is 0.967. The average molecular weight is 149 g/mol. The van der Waals surface area contributed by atoms with Gasteiger partial charge >= 0.3 is 0 Å². The van der Waals surface area contributed by atoms with Gasteiger partial charge in [0, 0.05) is 37.6 Å². The molecule has 2 heterocycles. The summed E-state index contributed by atoms with van der Waals surface area (Å²) in [6.45, 7) is 2.03. The maximum Gasteiger partial charge on any atom is 0.0493 e. The van der Waals surface area contributed by atoms with E-state index in [0.717, 1.165) is 19.5 Å². The molecule has 0 bridgehead atoms. The zero-order chi connectivity index (χ0) is 7.52. The number of nitrogens with zero attached hydrogens (tertiary/aromatic N) is 2. The Balaban J connectivity index is 2.22. The van der Waals surface area contributed by atoms with Gasteiger partial charge < -0.3 is 5.32 Å². The normalized spacial score (nSPS) is 18.0. The van der Waals surface area contributed by atoms with Crippen LogP contribution in [0.4, 0.5) is 0 Å². The SMILES string of the molecule is C1=C(n2cccn2)CCNC1. The Bertz CT molecular complexity index is 248. The fraction of sp³-hybridized carbons (Fsp3) is 0.375. The van der Waals surface area contributed by atoms with Gasteiger partial charge in [-0.3, -0.25) is 0 Å². The summed E-state index contributed by atoms with van der Waals surface area (Å²) >= 11 is 0. The zero-order valence-electron chi connectivity index (χ0n) is 6.33. The van der Waals surface area contributed by atoms with E-state index in [1.165, 1.54) is 5.70 Å². The highest BCUT2D eigenvalue weighted by Crippen LogP contribution is 2.08. The Morgan fingerprint density at radius 2 is 2.55 bits per heavy atom. The van der Waals surface area contributed by atoms with Crippen LogP contribution in [-0.2, 0) is 0 Å². The van der Waals surface area contributed by atoms with Crippen molar-refractivity contribution in [2.45, 2.75) is 6.42 Å². The molecule has 3 nitrogen and oxygen atoms in total. The smallest absolute Gasteiger partial charge is 0.0493 e. The van der Waals surface area contributed by atoms with E-state index in [4.69, 9.17) is 0 Å². The molecular weight excluding hydrogens is 138 g/mol. The van der Waals surface area contributed by atoms with Crippen molar-refractivity contribution < 1.29 is 0 Å². The second-order valence-electron chi connectivity index (χ2n) is 2.60. The largest absolute Gasteiger partial charge is 0.313 e. The lowest BCUT2D eigenvalue weighted by atomic mass is 10.2. The van der Waals surface area contributed by atoms with Crippen molar-refractivity contribution in [2.24, 2.45) is 0 Å². The molecule has 1 aliphatic heterocycles. The van der Waals surface area contributed by atoms with Crippen molar-refractivity contribution in [1.82, 2.24) is 15.1 Å². The molecule has 3 heteroatoms. The van der Waals surface area contributed by atoms with Gasteiger partial charge in [0.1, 0.15) is 0 Å². The van der Waals surface area contributed by atoms with Gasteiger partial charge in [0.05, 0.1) is 0 Å². The number of rotatable bonds is 1. The van der Waals surface area contributed by atoms with Gasteiger partial charge in [0.2, 0.25) is 0 Å². The van der Waals surface area contributed by atoms with E-state index in [1.807, 2.05) is 23.1 Å². The molecule has 58 valence electrons. The summed E-state index contributed by atoms with van der Waals surface area (Å²) in [5.74, 6) is 0. The molecule has 0 radical (unpaired) electrons.